The van der Waals surface area contributed by atoms with Crippen LogP contribution in [0.25, 0.3) is 10.8 Å². The summed E-state index contributed by atoms with van der Waals surface area (Å²) in [5.41, 5.74) is 1.66. The van der Waals surface area contributed by atoms with Gasteiger partial charge in [-0.2, -0.15) is 0 Å². The zero-order chi connectivity index (χ0) is 23.1. The van der Waals surface area contributed by atoms with Gasteiger partial charge in [-0.05, 0) is 40.6 Å². The van der Waals surface area contributed by atoms with Crippen molar-refractivity contribution < 1.29 is 28.5 Å². The standard InChI is InChI=1S/C27H30O6/c1-2-12-33-27(28)25-9-8-24-20-26(11-10-23(24)19-25)32-18-17-30-14-13-29-15-16-31-21-22-6-4-3-5-7-22/h2-11,19-20H,1,12-18,21H2. The molecule has 0 fully saturated rings. The smallest absolute Gasteiger partial charge is 0.338 e. The first-order chi connectivity index (χ1) is 16.3. The quantitative estimate of drug-likeness (QED) is 0.188. The molecule has 174 valence electrons. The molecule has 0 unspecified atom stereocenters. The minimum atomic E-state index is -0.363. The van der Waals surface area contributed by atoms with Crippen LogP contribution in [0.2, 0.25) is 0 Å². The van der Waals surface area contributed by atoms with E-state index < -0.39 is 0 Å². The van der Waals surface area contributed by atoms with E-state index in [1.165, 1.54) is 0 Å². The van der Waals surface area contributed by atoms with Crippen molar-refractivity contribution in [2.45, 2.75) is 6.61 Å². The normalized spacial score (nSPS) is 10.8. The largest absolute Gasteiger partial charge is 0.491 e. The highest BCUT2D eigenvalue weighted by Gasteiger charge is 2.07. The Balaban J connectivity index is 1.25. The molecule has 0 saturated carbocycles. The molecule has 0 bridgehead atoms. The van der Waals surface area contributed by atoms with E-state index in [4.69, 9.17) is 23.7 Å². The van der Waals surface area contributed by atoms with Gasteiger partial charge in [0.2, 0.25) is 0 Å². The van der Waals surface area contributed by atoms with Gasteiger partial charge in [0.1, 0.15) is 19.0 Å². The molecule has 3 aromatic rings. The second-order valence-corrected chi connectivity index (χ2v) is 7.22. The van der Waals surface area contributed by atoms with Crippen molar-refractivity contribution in [3.63, 3.8) is 0 Å². The number of hydrogen-bond acceptors (Lipinski definition) is 6. The first kappa shape index (κ1) is 24.5. The van der Waals surface area contributed by atoms with E-state index >= 15 is 0 Å². The Bertz CT molecular complexity index is 1000. The molecule has 3 aromatic carbocycles. The van der Waals surface area contributed by atoms with Crippen molar-refractivity contribution in [1.29, 1.82) is 0 Å². The van der Waals surface area contributed by atoms with Gasteiger partial charge < -0.3 is 23.7 Å². The van der Waals surface area contributed by atoms with Crippen LogP contribution in [0.4, 0.5) is 0 Å². The number of rotatable bonds is 15. The molecule has 6 nitrogen and oxygen atoms in total. The third-order valence-corrected chi connectivity index (χ3v) is 4.73. The van der Waals surface area contributed by atoms with E-state index in [0.29, 0.717) is 51.8 Å². The molecule has 0 N–H and O–H groups in total. The fraction of sp³-hybridized carbons (Fsp3) is 0.296. The Morgan fingerprint density at radius 2 is 1.42 bits per heavy atom. The van der Waals surface area contributed by atoms with Crippen molar-refractivity contribution in [3.05, 3.63) is 90.5 Å². The van der Waals surface area contributed by atoms with Gasteiger partial charge in [-0.25, -0.2) is 4.79 Å². The molecule has 0 heterocycles. The third kappa shape index (κ3) is 8.69. The summed E-state index contributed by atoms with van der Waals surface area (Å²) in [6.07, 6.45) is 1.54. The highest BCUT2D eigenvalue weighted by molar-refractivity contribution is 5.95. The number of carbonyl (C=O) groups is 1. The average Bonchev–Trinajstić information content (AvgIpc) is 2.86. The topological polar surface area (TPSA) is 63.2 Å². The summed E-state index contributed by atoms with van der Waals surface area (Å²) in [6.45, 7) is 7.36. The van der Waals surface area contributed by atoms with Crippen LogP contribution >= 0.6 is 0 Å². The van der Waals surface area contributed by atoms with Gasteiger partial charge in [-0.15, -0.1) is 0 Å². The van der Waals surface area contributed by atoms with Crippen LogP contribution < -0.4 is 4.74 Å². The third-order valence-electron chi connectivity index (χ3n) is 4.73. The van der Waals surface area contributed by atoms with Crippen LogP contribution in [0, 0.1) is 0 Å². The van der Waals surface area contributed by atoms with Crippen molar-refractivity contribution >= 4 is 16.7 Å². The number of ether oxygens (including phenoxy) is 5. The summed E-state index contributed by atoms with van der Waals surface area (Å²) < 4.78 is 27.4. The summed E-state index contributed by atoms with van der Waals surface area (Å²) in [4.78, 5) is 12.0. The Morgan fingerprint density at radius 1 is 0.758 bits per heavy atom. The van der Waals surface area contributed by atoms with E-state index in [0.717, 1.165) is 22.1 Å². The van der Waals surface area contributed by atoms with Crippen LogP contribution in [-0.4, -0.2) is 52.2 Å². The number of hydrogen-bond donors (Lipinski definition) is 0. The van der Waals surface area contributed by atoms with Crippen LogP contribution in [-0.2, 0) is 25.6 Å². The van der Waals surface area contributed by atoms with E-state index in [1.54, 1.807) is 18.2 Å². The van der Waals surface area contributed by atoms with Crippen LogP contribution in [0.3, 0.4) is 0 Å². The van der Waals surface area contributed by atoms with Gasteiger partial charge in [0.25, 0.3) is 0 Å². The van der Waals surface area contributed by atoms with Gasteiger partial charge in [0.05, 0.1) is 45.2 Å². The highest BCUT2D eigenvalue weighted by atomic mass is 16.6. The van der Waals surface area contributed by atoms with Crippen molar-refractivity contribution in [1.82, 2.24) is 0 Å². The maximum atomic E-state index is 12.0. The molecule has 0 aliphatic heterocycles. The molecular formula is C27H30O6. The van der Waals surface area contributed by atoms with Gasteiger partial charge in [-0.1, -0.05) is 55.1 Å². The zero-order valence-corrected chi connectivity index (χ0v) is 18.7. The van der Waals surface area contributed by atoms with E-state index in [2.05, 4.69) is 6.58 Å². The Morgan fingerprint density at radius 3 is 2.18 bits per heavy atom. The molecule has 0 spiro atoms. The molecule has 0 radical (unpaired) electrons. The molecule has 0 aliphatic carbocycles. The lowest BCUT2D eigenvalue weighted by atomic mass is 10.1. The lowest BCUT2D eigenvalue weighted by Crippen LogP contribution is -2.12. The fourth-order valence-corrected chi connectivity index (χ4v) is 3.08. The van der Waals surface area contributed by atoms with Gasteiger partial charge in [0.15, 0.2) is 0 Å². The minimum Gasteiger partial charge on any atom is -0.491 e. The summed E-state index contributed by atoms with van der Waals surface area (Å²) >= 11 is 0. The fourth-order valence-electron chi connectivity index (χ4n) is 3.08. The molecule has 0 aliphatic rings. The van der Waals surface area contributed by atoms with Crippen LogP contribution in [0.5, 0.6) is 5.75 Å². The molecule has 0 atom stereocenters. The minimum absolute atomic E-state index is 0.195. The Hall–Kier alpha value is -3.19. The van der Waals surface area contributed by atoms with Crippen molar-refractivity contribution in [3.8, 4) is 5.75 Å². The van der Waals surface area contributed by atoms with E-state index in [1.807, 2.05) is 54.6 Å². The van der Waals surface area contributed by atoms with Gasteiger partial charge in [0, 0.05) is 0 Å². The first-order valence-electron chi connectivity index (χ1n) is 11.0. The molecule has 0 amide bonds. The van der Waals surface area contributed by atoms with Gasteiger partial charge in [-0.3, -0.25) is 0 Å². The average molecular weight is 451 g/mol. The van der Waals surface area contributed by atoms with Crippen LogP contribution in [0.15, 0.2) is 79.4 Å². The second-order valence-electron chi connectivity index (χ2n) is 7.22. The monoisotopic (exact) mass is 450 g/mol. The molecular weight excluding hydrogens is 420 g/mol. The number of carbonyl (C=O) groups excluding carboxylic acids is 1. The molecule has 6 heteroatoms. The molecule has 0 aromatic heterocycles. The van der Waals surface area contributed by atoms with E-state index in [9.17, 15) is 4.79 Å². The zero-order valence-electron chi connectivity index (χ0n) is 18.7. The summed E-state index contributed by atoms with van der Waals surface area (Å²) in [7, 11) is 0. The number of benzene rings is 3. The molecule has 3 rings (SSSR count). The number of esters is 1. The second kappa shape index (κ2) is 14.1. The summed E-state index contributed by atoms with van der Waals surface area (Å²) in [6, 6.07) is 21.2. The SMILES string of the molecule is C=CCOC(=O)c1ccc2cc(OCCOCCOCCOCc3ccccc3)ccc2c1. The Kier molecular flexibility index (Phi) is 10.4. The molecule has 33 heavy (non-hydrogen) atoms. The summed E-state index contributed by atoms with van der Waals surface area (Å²) in [5, 5.41) is 1.92. The lowest BCUT2D eigenvalue weighted by molar-refractivity contribution is 0.00598. The van der Waals surface area contributed by atoms with Gasteiger partial charge >= 0.3 is 5.97 Å². The Labute approximate surface area is 194 Å². The number of fused-ring (bicyclic) bond motifs is 1. The highest BCUT2D eigenvalue weighted by Crippen LogP contribution is 2.22. The van der Waals surface area contributed by atoms with E-state index in [-0.39, 0.29) is 12.6 Å². The first-order valence-corrected chi connectivity index (χ1v) is 11.0. The van der Waals surface area contributed by atoms with Crippen molar-refractivity contribution in [2.24, 2.45) is 0 Å². The lowest BCUT2D eigenvalue weighted by Gasteiger charge is -2.09. The summed E-state index contributed by atoms with van der Waals surface area (Å²) in [5.74, 6) is 0.387. The van der Waals surface area contributed by atoms with Crippen molar-refractivity contribution in [2.75, 3.05) is 46.2 Å². The maximum Gasteiger partial charge on any atom is 0.338 e. The predicted molar refractivity (Wildman–Crippen MR) is 128 cm³/mol. The predicted octanol–water partition coefficient (Wildman–Crippen LogP) is 4.81. The van der Waals surface area contributed by atoms with Crippen LogP contribution in [0.1, 0.15) is 15.9 Å². The maximum absolute atomic E-state index is 12.0. The molecule has 0 saturated heterocycles.